The average molecular weight is 142 g/mol. The minimum atomic E-state index is -4.41. The number of rotatable bonds is 1. The Labute approximate surface area is 49.2 Å². The maximum Gasteiger partial charge on any atom is 0.422 e. The Kier molecular flexibility index (Phi) is 1.22. The molecule has 54 valence electrons. The number of halogens is 3. The maximum atomic E-state index is 11.6. The number of hydrogen-bond acceptors (Lipinski definition) is 2. The van der Waals surface area contributed by atoms with Crippen LogP contribution in [0, 0.1) is 0 Å². The smallest absolute Gasteiger partial charge is 0.393 e. The topological polar surface area (TPSA) is 32.8 Å². The largest absolute Gasteiger partial charge is 0.422 e. The molecule has 1 rings (SSSR count). The average Bonchev–Trinajstić information content (AvgIpc) is 2.40. The van der Waals surface area contributed by atoms with Gasteiger partial charge in [0.2, 0.25) is 5.60 Å². The van der Waals surface area contributed by atoms with Crippen molar-refractivity contribution >= 4 is 0 Å². The van der Waals surface area contributed by atoms with Gasteiger partial charge in [0.1, 0.15) is 0 Å². The van der Waals surface area contributed by atoms with Crippen molar-refractivity contribution in [1.29, 1.82) is 0 Å². The van der Waals surface area contributed by atoms with E-state index in [9.17, 15) is 13.2 Å². The van der Waals surface area contributed by atoms with Crippen molar-refractivity contribution in [3.05, 3.63) is 0 Å². The lowest BCUT2D eigenvalue weighted by atomic mass is 10.2. The summed E-state index contributed by atoms with van der Waals surface area (Å²) in [4.78, 5) is 0. The van der Waals surface area contributed by atoms with Crippen LogP contribution in [-0.4, -0.2) is 30.1 Å². The summed E-state index contributed by atoms with van der Waals surface area (Å²) in [5.74, 6) is 0. The van der Waals surface area contributed by atoms with E-state index >= 15 is 0 Å². The second-order valence-corrected chi connectivity index (χ2v) is 1.94. The minimum Gasteiger partial charge on any atom is -0.393 e. The molecule has 0 aromatic carbocycles. The second-order valence-electron chi connectivity index (χ2n) is 1.94. The van der Waals surface area contributed by atoms with Crippen LogP contribution in [0.3, 0.4) is 0 Å². The summed E-state index contributed by atoms with van der Waals surface area (Å²) in [6, 6.07) is 0. The molecule has 0 saturated carbocycles. The lowest BCUT2D eigenvalue weighted by molar-refractivity contribution is -0.192. The van der Waals surface area contributed by atoms with Gasteiger partial charge in [0.25, 0.3) is 0 Å². The highest BCUT2D eigenvalue weighted by molar-refractivity contribution is 4.98. The van der Waals surface area contributed by atoms with E-state index in [-0.39, 0.29) is 0 Å². The minimum absolute atomic E-state index is 0.410. The highest BCUT2D eigenvalue weighted by atomic mass is 19.4. The quantitative estimate of drug-likeness (QED) is 0.534. The van der Waals surface area contributed by atoms with Crippen LogP contribution in [0.15, 0.2) is 0 Å². The van der Waals surface area contributed by atoms with Crippen LogP contribution in [0.5, 0.6) is 0 Å². The molecule has 0 aromatic heterocycles. The third-order valence-electron chi connectivity index (χ3n) is 1.26. The van der Waals surface area contributed by atoms with Crippen molar-refractivity contribution in [3.8, 4) is 0 Å². The van der Waals surface area contributed by atoms with Gasteiger partial charge in [-0.3, -0.25) is 0 Å². The molecule has 0 radical (unpaired) electrons. The van der Waals surface area contributed by atoms with E-state index in [0.717, 1.165) is 0 Å². The monoisotopic (exact) mass is 142 g/mol. The Morgan fingerprint density at radius 2 is 2.00 bits per heavy atom. The van der Waals surface area contributed by atoms with Gasteiger partial charge in [-0.1, -0.05) is 0 Å². The summed E-state index contributed by atoms with van der Waals surface area (Å²) in [6.45, 7) is -1.39. The molecule has 0 amide bonds. The highest BCUT2D eigenvalue weighted by Gasteiger charge is 2.65. The Morgan fingerprint density at radius 3 is 2.00 bits per heavy atom. The molecular weight excluding hydrogens is 137 g/mol. The molecule has 0 aromatic rings. The summed E-state index contributed by atoms with van der Waals surface area (Å²) in [5, 5.41) is 8.15. The molecule has 1 aliphatic rings. The molecule has 1 unspecified atom stereocenters. The van der Waals surface area contributed by atoms with Crippen LogP contribution >= 0.6 is 0 Å². The van der Waals surface area contributed by atoms with Gasteiger partial charge in [-0.05, 0) is 0 Å². The van der Waals surface area contributed by atoms with Gasteiger partial charge in [-0.15, -0.1) is 0 Å². The predicted molar refractivity (Wildman–Crippen MR) is 21.8 cm³/mol. The van der Waals surface area contributed by atoms with E-state index in [4.69, 9.17) is 5.11 Å². The van der Waals surface area contributed by atoms with Gasteiger partial charge in [-0.2, -0.15) is 13.2 Å². The van der Waals surface area contributed by atoms with Gasteiger partial charge in [0.15, 0.2) is 0 Å². The Hall–Kier alpha value is -0.290. The van der Waals surface area contributed by atoms with Crippen molar-refractivity contribution in [1.82, 2.24) is 0 Å². The van der Waals surface area contributed by atoms with Gasteiger partial charge in [0, 0.05) is 0 Å². The van der Waals surface area contributed by atoms with Crippen molar-refractivity contribution in [3.63, 3.8) is 0 Å². The summed E-state index contributed by atoms with van der Waals surface area (Å²) in [5.41, 5.74) is -2.22. The molecule has 5 heteroatoms. The molecule has 1 heterocycles. The zero-order valence-electron chi connectivity index (χ0n) is 4.40. The van der Waals surface area contributed by atoms with Crippen molar-refractivity contribution in [2.24, 2.45) is 0 Å². The van der Waals surface area contributed by atoms with Gasteiger partial charge in [-0.25, -0.2) is 0 Å². The number of aliphatic hydroxyl groups is 1. The molecule has 1 fully saturated rings. The number of epoxide rings is 1. The molecule has 1 N–H and O–H groups in total. The maximum absolute atomic E-state index is 11.6. The van der Waals surface area contributed by atoms with Gasteiger partial charge in [0.05, 0.1) is 13.2 Å². The lowest BCUT2D eigenvalue weighted by Gasteiger charge is -2.11. The molecule has 1 saturated heterocycles. The van der Waals surface area contributed by atoms with Crippen LogP contribution in [0.1, 0.15) is 0 Å². The zero-order valence-corrected chi connectivity index (χ0v) is 4.40. The fourth-order valence-electron chi connectivity index (χ4n) is 0.432. The van der Waals surface area contributed by atoms with E-state index in [1.165, 1.54) is 0 Å². The van der Waals surface area contributed by atoms with Crippen molar-refractivity contribution < 1.29 is 23.0 Å². The second kappa shape index (κ2) is 1.60. The van der Waals surface area contributed by atoms with Crippen molar-refractivity contribution in [2.45, 2.75) is 11.8 Å². The Morgan fingerprint density at radius 1 is 1.56 bits per heavy atom. The first-order valence-electron chi connectivity index (χ1n) is 2.33. The fraction of sp³-hybridized carbons (Fsp3) is 1.00. The molecule has 1 atom stereocenters. The van der Waals surface area contributed by atoms with Crippen LogP contribution in [0.2, 0.25) is 0 Å². The molecule has 0 spiro atoms. The summed E-state index contributed by atoms with van der Waals surface area (Å²) in [6.07, 6.45) is -4.41. The first kappa shape index (κ1) is 6.82. The first-order valence-corrected chi connectivity index (χ1v) is 2.33. The fourth-order valence-corrected chi connectivity index (χ4v) is 0.432. The van der Waals surface area contributed by atoms with Crippen LogP contribution in [0.4, 0.5) is 13.2 Å². The van der Waals surface area contributed by atoms with Crippen molar-refractivity contribution in [2.75, 3.05) is 13.2 Å². The van der Waals surface area contributed by atoms with E-state index in [1.54, 1.807) is 0 Å². The first-order chi connectivity index (χ1) is 4.02. The van der Waals surface area contributed by atoms with E-state index in [1.807, 2.05) is 0 Å². The van der Waals surface area contributed by atoms with Crippen LogP contribution < -0.4 is 0 Å². The highest BCUT2D eigenvalue weighted by Crippen LogP contribution is 2.42. The Bertz CT molecular complexity index is 115. The molecular formula is C4H5F3O2. The van der Waals surface area contributed by atoms with Crippen LogP contribution in [-0.2, 0) is 4.74 Å². The lowest BCUT2D eigenvalue weighted by Crippen LogP contribution is -2.36. The summed E-state index contributed by atoms with van der Waals surface area (Å²) < 4.78 is 38.9. The number of alkyl halides is 3. The molecule has 0 aliphatic carbocycles. The SMILES string of the molecule is OCC1(C(F)(F)F)CO1. The number of ether oxygens (including phenoxy) is 1. The van der Waals surface area contributed by atoms with Gasteiger partial charge < -0.3 is 9.84 Å². The van der Waals surface area contributed by atoms with E-state index < -0.39 is 25.0 Å². The normalized spacial score (nSPS) is 34.7. The molecule has 2 nitrogen and oxygen atoms in total. The summed E-state index contributed by atoms with van der Waals surface area (Å²) >= 11 is 0. The predicted octanol–water partition coefficient (Wildman–Crippen LogP) is 0.310. The summed E-state index contributed by atoms with van der Waals surface area (Å²) in [7, 11) is 0. The van der Waals surface area contributed by atoms with E-state index in [2.05, 4.69) is 4.74 Å². The zero-order chi connectivity index (χ0) is 7.12. The standard InChI is InChI=1S/C4H5F3O2/c5-4(6,7)3(1-8)2-9-3/h8H,1-2H2. The number of hydrogen-bond donors (Lipinski definition) is 1. The molecule has 1 aliphatic heterocycles. The number of aliphatic hydroxyl groups excluding tert-OH is 1. The Balaban J connectivity index is 2.60. The third-order valence-corrected chi connectivity index (χ3v) is 1.26. The van der Waals surface area contributed by atoms with Crippen LogP contribution in [0.25, 0.3) is 0 Å². The third kappa shape index (κ3) is 0.900. The molecule has 9 heavy (non-hydrogen) atoms. The van der Waals surface area contributed by atoms with E-state index in [0.29, 0.717) is 0 Å². The molecule has 0 bridgehead atoms. The van der Waals surface area contributed by atoms with Gasteiger partial charge >= 0.3 is 6.18 Å².